The monoisotopic (exact) mass is 356 g/mol. The summed E-state index contributed by atoms with van der Waals surface area (Å²) in [5.74, 6) is 1.35. The summed E-state index contributed by atoms with van der Waals surface area (Å²) in [6, 6.07) is 7.05. The fraction of sp³-hybridized carbons (Fsp3) is 0.333. The number of hydrogen-bond donors (Lipinski definition) is 1. The normalized spacial score (nSPS) is 17.6. The summed E-state index contributed by atoms with van der Waals surface area (Å²) in [6.45, 7) is 3.16. The van der Waals surface area contributed by atoms with E-state index in [1.165, 1.54) is 0 Å². The number of pyridine rings is 1. The summed E-state index contributed by atoms with van der Waals surface area (Å²) in [5.41, 5.74) is 1.69. The molecule has 1 atom stereocenters. The summed E-state index contributed by atoms with van der Waals surface area (Å²) in [6.07, 6.45) is 7.26. The first-order valence-corrected chi connectivity index (χ1v) is 9.87. The summed E-state index contributed by atoms with van der Waals surface area (Å²) in [5, 5.41) is 0.663. The van der Waals surface area contributed by atoms with Gasteiger partial charge >= 0.3 is 0 Å². The van der Waals surface area contributed by atoms with Crippen LogP contribution in [0.5, 0.6) is 0 Å². The van der Waals surface area contributed by atoms with Crippen LogP contribution in [-0.4, -0.2) is 29.5 Å². The number of aromatic nitrogens is 3. The highest BCUT2D eigenvalue weighted by atomic mass is 32.2. The molecule has 0 amide bonds. The van der Waals surface area contributed by atoms with Gasteiger partial charge in [-0.3, -0.25) is 4.98 Å². The van der Waals surface area contributed by atoms with Crippen molar-refractivity contribution in [1.82, 2.24) is 19.3 Å². The summed E-state index contributed by atoms with van der Waals surface area (Å²) in [7, 11) is -3.58. The molecule has 1 N–H and O–H groups in total. The molecule has 0 saturated heterocycles. The van der Waals surface area contributed by atoms with E-state index in [9.17, 15) is 8.42 Å². The minimum Gasteiger partial charge on any atom is -0.335 e. The highest BCUT2D eigenvalue weighted by Crippen LogP contribution is 2.25. The number of nitrogens with one attached hydrogen (secondary N) is 1. The van der Waals surface area contributed by atoms with Crippen LogP contribution >= 0.6 is 0 Å². The molecule has 2 aromatic heterocycles. The van der Waals surface area contributed by atoms with Crippen LogP contribution < -0.4 is 4.72 Å². The predicted octanol–water partition coefficient (Wildman–Crippen LogP) is 2.28. The number of hydrogen-bond acceptors (Lipinski definition) is 4. The van der Waals surface area contributed by atoms with Crippen LogP contribution in [0.3, 0.4) is 0 Å². The molecule has 4 rings (SSSR count). The molecule has 0 bridgehead atoms. The van der Waals surface area contributed by atoms with E-state index in [2.05, 4.69) is 19.3 Å². The lowest BCUT2D eigenvalue weighted by atomic mass is 10.00. The second kappa shape index (κ2) is 6.24. The van der Waals surface area contributed by atoms with E-state index >= 15 is 0 Å². The Hall–Kier alpha value is -2.25. The fourth-order valence-electron chi connectivity index (χ4n) is 3.43. The highest BCUT2D eigenvalue weighted by Gasteiger charge is 2.23. The third-order valence-corrected chi connectivity index (χ3v) is 6.30. The van der Waals surface area contributed by atoms with Gasteiger partial charge in [-0.25, -0.2) is 18.1 Å². The molecule has 0 radical (unpaired) electrons. The number of aryl methyl sites for hydroxylation is 2. The molecule has 6 nitrogen and oxygen atoms in total. The number of nitrogens with zero attached hydrogens (tertiary/aromatic N) is 3. The van der Waals surface area contributed by atoms with Crippen molar-refractivity contribution < 1.29 is 8.42 Å². The molecule has 7 heteroatoms. The first-order valence-electron chi connectivity index (χ1n) is 8.38. The molecular formula is C18H20N4O2S. The smallest absolute Gasteiger partial charge is 0.241 e. The molecule has 0 fully saturated rings. The maximum atomic E-state index is 12.8. The molecular weight excluding hydrogens is 336 g/mol. The molecule has 0 unspecified atom stereocenters. The Labute approximate surface area is 147 Å². The number of imidazole rings is 1. The van der Waals surface area contributed by atoms with Crippen molar-refractivity contribution >= 4 is 20.9 Å². The Morgan fingerprint density at radius 2 is 2.12 bits per heavy atom. The van der Waals surface area contributed by atoms with E-state index in [4.69, 9.17) is 0 Å². The van der Waals surface area contributed by atoms with Crippen molar-refractivity contribution in [3.05, 3.63) is 54.2 Å². The van der Waals surface area contributed by atoms with Crippen LogP contribution in [0.4, 0.5) is 0 Å². The van der Waals surface area contributed by atoms with Crippen LogP contribution in [0.25, 0.3) is 10.9 Å². The quantitative estimate of drug-likeness (QED) is 0.778. The fourth-order valence-corrected chi connectivity index (χ4v) is 4.74. The topological polar surface area (TPSA) is 76.9 Å². The summed E-state index contributed by atoms with van der Waals surface area (Å²) in [4.78, 5) is 8.92. The minimum atomic E-state index is -3.58. The van der Waals surface area contributed by atoms with Crippen LogP contribution in [0.15, 0.2) is 47.8 Å². The Morgan fingerprint density at radius 1 is 1.24 bits per heavy atom. The van der Waals surface area contributed by atoms with E-state index in [1.54, 1.807) is 24.5 Å². The molecule has 0 spiro atoms. The molecule has 3 heterocycles. The largest absolute Gasteiger partial charge is 0.335 e. The van der Waals surface area contributed by atoms with Crippen LogP contribution in [0.1, 0.15) is 17.8 Å². The molecule has 130 valence electrons. The van der Waals surface area contributed by atoms with Crippen LogP contribution in [0.2, 0.25) is 0 Å². The first kappa shape index (κ1) is 16.2. The third-order valence-electron chi connectivity index (χ3n) is 4.82. The molecule has 0 saturated carbocycles. The van der Waals surface area contributed by atoms with Gasteiger partial charge in [0, 0.05) is 43.5 Å². The Morgan fingerprint density at radius 3 is 3.00 bits per heavy atom. The zero-order valence-corrected chi connectivity index (χ0v) is 14.8. The first-order chi connectivity index (χ1) is 12.0. The molecule has 1 aromatic carbocycles. The maximum Gasteiger partial charge on any atom is 0.241 e. The van der Waals surface area contributed by atoms with Crippen molar-refractivity contribution in [2.75, 3.05) is 6.54 Å². The van der Waals surface area contributed by atoms with Gasteiger partial charge in [-0.05, 0) is 43.0 Å². The van der Waals surface area contributed by atoms with Crippen molar-refractivity contribution in [1.29, 1.82) is 0 Å². The molecule has 1 aliphatic rings. The lowest BCUT2D eigenvalue weighted by Crippen LogP contribution is -2.33. The minimum absolute atomic E-state index is 0.270. The van der Waals surface area contributed by atoms with Crippen molar-refractivity contribution in [3.8, 4) is 0 Å². The number of rotatable bonds is 4. The van der Waals surface area contributed by atoms with Crippen LogP contribution in [0, 0.1) is 12.8 Å². The van der Waals surface area contributed by atoms with Crippen LogP contribution in [-0.2, 0) is 23.0 Å². The van der Waals surface area contributed by atoms with Gasteiger partial charge in [-0.15, -0.1) is 0 Å². The highest BCUT2D eigenvalue weighted by molar-refractivity contribution is 7.89. The Bertz CT molecular complexity index is 1030. The van der Waals surface area contributed by atoms with Gasteiger partial charge in [0.25, 0.3) is 0 Å². The maximum absolute atomic E-state index is 12.8. The van der Waals surface area contributed by atoms with Gasteiger partial charge in [-0.2, -0.15) is 0 Å². The Kier molecular flexibility index (Phi) is 4.05. The predicted molar refractivity (Wildman–Crippen MR) is 95.7 cm³/mol. The standard InChI is InChI=1S/C18H20N4O2S/c1-13-4-6-16(15-3-2-8-20-18(13)15)25(23,24)21-11-14-5-7-17-19-9-10-22(17)12-14/h2-4,6,8-10,14,21H,5,7,11-12H2,1H3/t14-/m1/s1. The van der Waals surface area contributed by atoms with Crippen molar-refractivity contribution in [2.45, 2.75) is 31.2 Å². The average molecular weight is 356 g/mol. The van der Waals surface area contributed by atoms with E-state index < -0.39 is 10.0 Å². The number of fused-ring (bicyclic) bond motifs is 2. The zero-order chi connectivity index (χ0) is 17.4. The molecule has 1 aliphatic heterocycles. The molecule has 0 aliphatic carbocycles. The van der Waals surface area contributed by atoms with Crippen molar-refractivity contribution in [2.24, 2.45) is 5.92 Å². The van der Waals surface area contributed by atoms with Gasteiger partial charge in [0.05, 0.1) is 10.4 Å². The second-order valence-electron chi connectivity index (χ2n) is 6.53. The lowest BCUT2D eigenvalue weighted by Gasteiger charge is -2.24. The van der Waals surface area contributed by atoms with Gasteiger partial charge in [0.2, 0.25) is 10.0 Å². The average Bonchev–Trinajstić information content (AvgIpc) is 3.08. The third kappa shape index (κ3) is 3.05. The van der Waals surface area contributed by atoms with E-state index in [0.717, 1.165) is 36.3 Å². The molecule has 3 aromatic rings. The van der Waals surface area contributed by atoms with Crippen molar-refractivity contribution in [3.63, 3.8) is 0 Å². The number of benzene rings is 1. The molecule has 25 heavy (non-hydrogen) atoms. The second-order valence-corrected chi connectivity index (χ2v) is 8.27. The number of sulfonamides is 1. The summed E-state index contributed by atoms with van der Waals surface area (Å²) >= 11 is 0. The van der Waals surface area contributed by atoms with Gasteiger partial charge < -0.3 is 4.57 Å². The SMILES string of the molecule is Cc1ccc(S(=O)(=O)NC[C@H]2CCc3nccn3C2)c2cccnc12. The van der Waals surface area contributed by atoms with Gasteiger partial charge in [-0.1, -0.05) is 6.07 Å². The van der Waals surface area contributed by atoms with Gasteiger partial charge in [0.15, 0.2) is 0 Å². The Balaban J connectivity index is 1.56. The van der Waals surface area contributed by atoms with E-state index in [1.807, 2.05) is 25.3 Å². The van der Waals surface area contributed by atoms with E-state index in [0.29, 0.717) is 16.8 Å². The zero-order valence-electron chi connectivity index (χ0n) is 14.0. The summed E-state index contributed by atoms with van der Waals surface area (Å²) < 4.78 is 30.6. The van der Waals surface area contributed by atoms with Gasteiger partial charge in [0.1, 0.15) is 5.82 Å². The van der Waals surface area contributed by atoms with E-state index in [-0.39, 0.29) is 5.92 Å². The lowest BCUT2D eigenvalue weighted by molar-refractivity contribution is 0.363.